The summed E-state index contributed by atoms with van der Waals surface area (Å²) >= 11 is 3.21. The molecule has 5 rings (SSSR count). The van der Waals surface area contributed by atoms with E-state index in [9.17, 15) is 9.59 Å². The number of amides is 1. The maximum atomic E-state index is 14.1. The zero-order valence-corrected chi connectivity index (χ0v) is 24.6. The van der Waals surface area contributed by atoms with E-state index in [1.165, 1.54) is 0 Å². The SMILES string of the molecule is CCSC1=C(c2ccc(N(C)C)cc2)[C@H]2SC(C)(C)[C@H](C(=O)OC(c3ccccc3)c3ccccc3)N2C1=O. The molecule has 0 N–H and O–H groups in total. The molecule has 0 bridgehead atoms. The smallest absolute Gasteiger partial charge is 0.331 e. The minimum Gasteiger partial charge on any atom is -0.451 e. The first-order valence-electron chi connectivity index (χ1n) is 13.2. The van der Waals surface area contributed by atoms with Crippen LogP contribution in [0.5, 0.6) is 0 Å². The van der Waals surface area contributed by atoms with Crippen LogP contribution in [0.3, 0.4) is 0 Å². The number of rotatable bonds is 8. The van der Waals surface area contributed by atoms with Crippen LogP contribution in [0.2, 0.25) is 0 Å². The highest BCUT2D eigenvalue weighted by Gasteiger charge is 2.59. The number of hydrogen-bond donors (Lipinski definition) is 0. The second-order valence-electron chi connectivity index (χ2n) is 10.4. The lowest BCUT2D eigenvalue weighted by Gasteiger charge is -2.31. The summed E-state index contributed by atoms with van der Waals surface area (Å²) in [6, 6.07) is 27.1. The van der Waals surface area contributed by atoms with Crippen molar-refractivity contribution < 1.29 is 14.3 Å². The Morgan fingerprint density at radius 1 is 0.974 bits per heavy atom. The van der Waals surface area contributed by atoms with Gasteiger partial charge in [-0.25, -0.2) is 4.79 Å². The summed E-state index contributed by atoms with van der Waals surface area (Å²) in [5.74, 6) is 0.300. The first-order valence-corrected chi connectivity index (χ1v) is 15.0. The number of benzene rings is 3. The van der Waals surface area contributed by atoms with Crippen LogP contribution in [0.25, 0.3) is 5.57 Å². The molecule has 202 valence electrons. The Bertz CT molecular complexity index is 1330. The van der Waals surface area contributed by atoms with Crippen LogP contribution in [0.1, 0.15) is 43.6 Å². The van der Waals surface area contributed by atoms with Crippen LogP contribution in [0.15, 0.2) is 89.8 Å². The lowest BCUT2D eigenvalue weighted by atomic mass is 9.99. The standard InChI is InChI=1S/C32H34N2O3S2/c1-6-38-27-25(21-17-19-24(20-18-21)33(4)5)30-34(29(27)35)28(32(2,3)39-30)31(36)37-26(22-13-9-7-10-14-22)23-15-11-8-12-16-23/h7-20,26,28,30H,6H2,1-5H3/t28-,30+/m0/s1. The molecule has 0 saturated carbocycles. The first kappa shape index (κ1) is 27.4. The molecule has 2 aliphatic rings. The summed E-state index contributed by atoms with van der Waals surface area (Å²) < 4.78 is 5.76. The average molecular weight is 559 g/mol. The zero-order valence-electron chi connectivity index (χ0n) is 23.0. The fourth-order valence-corrected chi connectivity index (χ4v) is 7.90. The molecule has 0 aliphatic carbocycles. The van der Waals surface area contributed by atoms with E-state index in [0.29, 0.717) is 0 Å². The van der Waals surface area contributed by atoms with Gasteiger partial charge in [-0.3, -0.25) is 4.79 Å². The van der Waals surface area contributed by atoms with Crippen LogP contribution in [-0.4, -0.2) is 52.8 Å². The van der Waals surface area contributed by atoms with Gasteiger partial charge in [-0.05, 0) is 48.4 Å². The van der Waals surface area contributed by atoms with E-state index in [1.54, 1.807) is 28.4 Å². The number of carbonyl (C=O) groups is 2. The van der Waals surface area contributed by atoms with E-state index in [4.69, 9.17) is 4.74 Å². The third-order valence-electron chi connectivity index (χ3n) is 7.17. The molecule has 0 spiro atoms. The van der Waals surface area contributed by atoms with Gasteiger partial charge in [0.15, 0.2) is 6.10 Å². The van der Waals surface area contributed by atoms with Gasteiger partial charge >= 0.3 is 5.97 Å². The van der Waals surface area contributed by atoms with Crippen molar-refractivity contribution in [1.29, 1.82) is 0 Å². The van der Waals surface area contributed by atoms with Crippen LogP contribution < -0.4 is 4.90 Å². The van der Waals surface area contributed by atoms with Crippen LogP contribution >= 0.6 is 23.5 Å². The number of carbonyl (C=O) groups excluding carboxylic acids is 2. The van der Waals surface area contributed by atoms with Crippen LogP contribution in [-0.2, 0) is 14.3 Å². The highest BCUT2D eigenvalue weighted by molar-refractivity contribution is 8.05. The third kappa shape index (κ3) is 5.22. The van der Waals surface area contributed by atoms with E-state index in [1.807, 2.05) is 95.5 Å². The summed E-state index contributed by atoms with van der Waals surface area (Å²) in [4.78, 5) is 32.6. The van der Waals surface area contributed by atoms with E-state index in [-0.39, 0.29) is 17.3 Å². The third-order valence-corrected chi connectivity index (χ3v) is 9.66. The maximum absolute atomic E-state index is 14.1. The normalized spacial score (nSPS) is 19.9. The quantitative estimate of drug-likeness (QED) is 0.290. The fourth-order valence-electron chi connectivity index (χ4n) is 5.30. The minimum absolute atomic E-state index is 0.0884. The predicted molar refractivity (Wildman–Crippen MR) is 163 cm³/mol. The first-order chi connectivity index (χ1) is 18.7. The second kappa shape index (κ2) is 11.1. The number of fused-ring (bicyclic) bond motifs is 1. The Balaban J connectivity index is 1.50. The molecule has 1 fully saturated rings. The van der Waals surface area contributed by atoms with Gasteiger partial charge in [0.25, 0.3) is 5.91 Å². The number of thioether (sulfide) groups is 2. The topological polar surface area (TPSA) is 49.9 Å². The number of ether oxygens (including phenoxy) is 1. The molecular weight excluding hydrogens is 524 g/mol. The highest BCUT2D eigenvalue weighted by atomic mass is 32.2. The van der Waals surface area contributed by atoms with E-state index in [2.05, 4.69) is 29.2 Å². The van der Waals surface area contributed by atoms with Gasteiger partial charge in [0, 0.05) is 30.1 Å². The second-order valence-corrected chi connectivity index (χ2v) is 13.5. The molecule has 2 aliphatic heterocycles. The Morgan fingerprint density at radius 3 is 2.05 bits per heavy atom. The number of esters is 1. The molecule has 0 radical (unpaired) electrons. The Morgan fingerprint density at radius 2 is 1.54 bits per heavy atom. The van der Waals surface area contributed by atoms with Gasteiger partial charge in [0.2, 0.25) is 0 Å². The number of anilines is 1. The molecule has 2 atom stereocenters. The number of hydrogen-bond acceptors (Lipinski definition) is 6. The Hall–Kier alpha value is -3.16. The van der Waals surface area contributed by atoms with Crippen LogP contribution in [0.4, 0.5) is 5.69 Å². The van der Waals surface area contributed by atoms with Gasteiger partial charge in [0.1, 0.15) is 11.4 Å². The average Bonchev–Trinajstić information content (AvgIpc) is 3.36. The minimum atomic E-state index is -0.721. The van der Waals surface area contributed by atoms with Crippen molar-refractivity contribution in [2.24, 2.45) is 0 Å². The van der Waals surface area contributed by atoms with Gasteiger partial charge in [-0.1, -0.05) is 79.7 Å². The lowest BCUT2D eigenvalue weighted by molar-refractivity contribution is -0.157. The molecule has 2 heterocycles. The van der Waals surface area contributed by atoms with Gasteiger partial charge < -0.3 is 14.5 Å². The van der Waals surface area contributed by atoms with Gasteiger partial charge in [0.05, 0.1) is 4.91 Å². The summed E-state index contributed by atoms with van der Waals surface area (Å²) in [6.45, 7) is 6.12. The van der Waals surface area contributed by atoms with Gasteiger partial charge in [-0.2, -0.15) is 0 Å². The Kier molecular flexibility index (Phi) is 7.83. The summed E-state index contributed by atoms with van der Waals surface area (Å²) in [5.41, 5.74) is 4.90. The van der Waals surface area contributed by atoms with Crippen molar-refractivity contribution in [2.75, 3.05) is 24.7 Å². The highest BCUT2D eigenvalue weighted by Crippen LogP contribution is 2.56. The monoisotopic (exact) mass is 558 g/mol. The molecule has 3 aromatic rings. The molecule has 0 aromatic heterocycles. The van der Waals surface area contributed by atoms with E-state index in [0.717, 1.165) is 38.6 Å². The zero-order chi connectivity index (χ0) is 27.7. The van der Waals surface area contributed by atoms with Gasteiger partial charge in [-0.15, -0.1) is 23.5 Å². The molecular formula is C32H34N2O3S2. The summed E-state index contributed by atoms with van der Waals surface area (Å²) in [6.07, 6.45) is -0.562. The fraction of sp³-hybridized carbons (Fsp3) is 0.312. The van der Waals surface area contributed by atoms with Crippen molar-refractivity contribution in [3.05, 3.63) is 107 Å². The molecule has 7 heteroatoms. The molecule has 0 unspecified atom stereocenters. The largest absolute Gasteiger partial charge is 0.451 e. The van der Waals surface area contributed by atoms with Crippen molar-refractivity contribution in [1.82, 2.24) is 4.90 Å². The summed E-state index contributed by atoms with van der Waals surface area (Å²) in [7, 11) is 4.02. The van der Waals surface area contributed by atoms with Crippen molar-refractivity contribution >= 4 is 46.7 Å². The van der Waals surface area contributed by atoms with Crippen molar-refractivity contribution in [3.8, 4) is 0 Å². The van der Waals surface area contributed by atoms with Crippen molar-refractivity contribution in [2.45, 2.75) is 43.0 Å². The van der Waals surface area contributed by atoms with Crippen LogP contribution in [0, 0.1) is 0 Å². The predicted octanol–water partition coefficient (Wildman–Crippen LogP) is 6.61. The van der Waals surface area contributed by atoms with Crippen molar-refractivity contribution in [3.63, 3.8) is 0 Å². The number of nitrogens with zero attached hydrogens (tertiary/aromatic N) is 2. The maximum Gasteiger partial charge on any atom is 0.331 e. The molecule has 5 nitrogen and oxygen atoms in total. The molecule has 39 heavy (non-hydrogen) atoms. The molecule has 3 aromatic carbocycles. The molecule has 1 amide bonds. The Labute approximate surface area is 239 Å². The van der Waals surface area contributed by atoms with E-state index < -0.39 is 16.9 Å². The lowest BCUT2D eigenvalue weighted by Crippen LogP contribution is -2.50. The molecule has 1 saturated heterocycles. The van der Waals surface area contributed by atoms with E-state index >= 15 is 0 Å². The summed E-state index contributed by atoms with van der Waals surface area (Å²) in [5, 5.41) is -0.254.